The third kappa shape index (κ3) is 5.14. The maximum Gasteiger partial charge on any atom is 0.406 e. The van der Waals surface area contributed by atoms with Crippen molar-refractivity contribution in [3.05, 3.63) is 0 Å². The molecule has 1 saturated heterocycles. The van der Waals surface area contributed by atoms with Crippen molar-refractivity contribution in [2.24, 2.45) is 0 Å². The summed E-state index contributed by atoms with van der Waals surface area (Å²) >= 11 is 1.73. The number of thioether (sulfide) groups is 1. The van der Waals surface area contributed by atoms with Gasteiger partial charge in [-0.05, 0) is 20.4 Å². The number of halogens is 3. The van der Waals surface area contributed by atoms with Crippen molar-refractivity contribution in [1.82, 2.24) is 14.7 Å². The second-order valence-corrected chi connectivity index (χ2v) is 6.44. The van der Waals surface area contributed by atoms with E-state index in [-0.39, 0.29) is 6.54 Å². The molecule has 4 nitrogen and oxygen atoms in total. The Bertz CT molecular complexity index is 338. The summed E-state index contributed by atoms with van der Waals surface area (Å²) in [5.41, 5.74) is 0. The Kier molecular flexibility index (Phi) is 6.15. The highest BCUT2D eigenvalue weighted by atomic mass is 32.2. The van der Waals surface area contributed by atoms with Gasteiger partial charge in [0.1, 0.15) is 6.54 Å². The fourth-order valence-corrected chi connectivity index (χ4v) is 3.36. The minimum Gasteiger partial charge on any atom is -0.336 e. The fraction of sp³-hybridized carbons (Fsp3) is 0.917. The lowest BCUT2D eigenvalue weighted by Gasteiger charge is -2.24. The number of nitrogens with zero attached hydrogens (tertiary/aromatic N) is 3. The van der Waals surface area contributed by atoms with Gasteiger partial charge in [0.25, 0.3) is 0 Å². The van der Waals surface area contributed by atoms with Gasteiger partial charge < -0.3 is 9.80 Å². The van der Waals surface area contributed by atoms with Gasteiger partial charge in [0.05, 0.1) is 6.54 Å². The number of rotatable bonds is 5. The van der Waals surface area contributed by atoms with Crippen LogP contribution in [0, 0.1) is 0 Å². The Labute approximate surface area is 122 Å². The van der Waals surface area contributed by atoms with E-state index in [2.05, 4.69) is 4.90 Å². The number of likely N-dealkylation sites (tertiary alicyclic amines) is 1. The van der Waals surface area contributed by atoms with Crippen LogP contribution in [0.2, 0.25) is 0 Å². The number of hydrogen-bond donors (Lipinski definition) is 0. The lowest BCUT2D eigenvalue weighted by molar-refractivity contribution is -0.158. The van der Waals surface area contributed by atoms with Crippen LogP contribution < -0.4 is 0 Å². The molecule has 1 rings (SSSR count). The molecule has 0 aromatic rings. The summed E-state index contributed by atoms with van der Waals surface area (Å²) in [4.78, 5) is 16.6. The minimum atomic E-state index is -4.34. The summed E-state index contributed by atoms with van der Waals surface area (Å²) in [7, 11) is 5.16. The maximum atomic E-state index is 12.2. The van der Waals surface area contributed by atoms with Crippen molar-refractivity contribution in [3.8, 4) is 0 Å². The molecule has 118 valence electrons. The first-order valence-corrected chi connectivity index (χ1v) is 7.65. The SMILES string of the molecule is CSC1CN(CC(=O)N(C)CC(F)(F)F)CC1N(C)C. The van der Waals surface area contributed by atoms with E-state index in [0.717, 1.165) is 11.4 Å². The topological polar surface area (TPSA) is 26.8 Å². The monoisotopic (exact) mass is 313 g/mol. The van der Waals surface area contributed by atoms with Crippen molar-refractivity contribution in [1.29, 1.82) is 0 Å². The Morgan fingerprint density at radius 1 is 1.30 bits per heavy atom. The Morgan fingerprint density at radius 3 is 2.30 bits per heavy atom. The third-order valence-electron chi connectivity index (χ3n) is 3.48. The third-order valence-corrected chi connectivity index (χ3v) is 4.55. The first-order valence-electron chi connectivity index (χ1n) is 6.36. The molecule has 1 fully saturated rings. The van der Waals surface area contributed by atoms with Crippen LogP contribution in [0.15, 0.2) is 0 Å². The number of amides is 1. The van der Waals surface area contributed by atoms with E-state index in [0.29, 0.717) is 17.8 Å². The summed E-state index contributed by atoms with van der Waals surface area (Å²) in [5.74, 6) is -0.485. The molecule has 0 aromatic heterocycles. The fourth-order valence-electron chi connectivity index (χ4n) is 2.36. The molecule has 0 spiro atoms. The molecule has 0 radical (unpaired) electrons. The number of likely N-dealkylation sites (N-methyl/N-ethyl adjacent to an activating group) is 2. The largest absolute Gasteiger partial charge is 0.406 e. The van der Waals surface area contributed by atoms with E-state index in [1.54, 1.807) is 11.8 Å². The van der Waals surface area contributed by atoms with E-state index in [1.165, 1.54) is 7.05 Å². The van der Waals surface area contributed by atoms with Gasteiger partial charge in [-0.15, -0.1) is 0 Å². The average molecular weight is 313 g/mol. The van der Waals surface area contributed by atoms with Crippen LogP contribution in [-0.2, 0) is 4.79 Å². The molecule has 1 aliphatic heterocycles. The number of hydrogen-bond acceptors (Lipinski definition) is 4. The Hall–Kier alpha value is -0.470. The smallest absolute Gasteiger partial charge is 0.336 e. The number of carbonyl (C=O) groups excluding carboxylic acids is 1. The van der Waals surface area contributed by atoms with E-state index in [4.69, 9.17) is 0 Å². The first kappa shape index (κ1) is 17.6. The van der Waals surface area contributed by atoms with Crippen LogP contribution >= 0.6 is 11.8 Å². The van der Waals surface area contributed by atoms with Crippen molar-refractivity contribution in [3.63, 3.8) is 0 Å². The quantitative estimate of drug-likeness (QED) is 0.756. The number of alkyl halides is 3. The molecular formula is C12H22F3N3OS. The predicted octanol–water partition coefficient (Wildman–Crippen LogP) is 0.984. The van der Waals surface area contributed by atoms with Crippen LogP contribution in [0.1, 0.15) is 0 Å². The zero-order chi connectivity index (χ0) is 15.5. The molecule has 20 heavy (non-hydrogen) atoms. The molecule has 0 aromatic carbocycles. The van der Waals surface area contributed by atoms with E-state index >= 15 is 0 Å². The van der Waals surface area contributed by atoms with Gasteiger partial charge in [-0.25, -0.2) is 0 Å². The van der Waals surface area contributed by atoms with Crippen molar-refractivity contribution >= 4 is 17.7 Å². The maximum absolute atomic E-state index is 12.2. The van der Waals surface area contributed by atoms with Gasteiger partial charge >= 0.3 is 6.18 Å². The van der Waals surface area contributed by atoms with Crippen molar-refractivity contribution < 1.29 is 18.0 Å². The van der Waals surface area contributed by atoms with Crippen LogP contribution in [-0.4, -0.2) is 91.7 Å². The second-order valence-electron chi connectivity index (χ2n) is 5.36. The van der Waals surface area contributed by atoms with Crippen molar-refractivity contribution in [2.75, 3.05) is 53.6 Å². The van der Waals surface area contributed by atoms with Gasteiger partial charge in [-0.2, -0.15) is 24.9 Å². The van der Waals surface area contributed by atoms with Crippen LogP contribution in [0.25, 0.3) is 0 Å². The van der Waals surface area contributed by atoms with E-state index in [9.17, 15) is 18.0 Å². The summed E-state index contributed by atoms with van der Waals surface area (Å²) < 4.78 is 36.7. The molecule has 0 saturated carbocycles. The standard InChI is InChI=1S/C12H22F3N3OS/c1-16(2)9-5-18(6-10(9)20-4)7-11(19)17(3)8-12(13,14)15/h9-10H,5-8H2,1-4H3. The lowest BCUT2D eigenvalue weighted by Crippen LogP contribution is -2.42. The molecule has 0 aliphatic carbocycles. The lowest BCUT2D eigenvalue weighted by atomic mass is 10.2. The van der Waals surface area contributed by atoms with Crippen LogP contribution in [0.5, 0.6) is 0 Å². The van der Waals surface area contributed by atoms with E-state index < -0.39 is 18.6 Å². The zero-order valence-corrected chi connectivity index (χ0v) is 13.1. The molecule has 0 bridgehead atoms. The van der Waals surface area contributed by atoms with Crippen LogP contribution in [0.3, 0.4) is 0 Å². The molecule has 1 heterocycles. The van der Waals surface area contributed by atoms with Gasteiger partial charge in [0.15, 0.2) is 0 Å². The summed E-state index contributed by atoms with van der Waals surface area (Å²) in [6.07, 6.45) is -2.33. The molecular weight excluding hydrogens is 291 g/mol. The van der Waals surface area contributed by atoms with Gasteiger partial charge in [0, 0.05) is 31.4 Å². The molecule has 1 aliphatic rings. The number of carbonyl (C=O) groups is 1. The highest BCUT2D eigenvalue weighted by molar-refractivity contribution is 7.99. The summed E-state index contributed by atoms with van der Waals surface area (Å²) in [6, 6.07) is 0.325. The Morgan fingerprint density at radius 2 is 1.90 bits per heavy atom. The van der Waals surface area contributed by atoms with Crippen LogP contribution in [0.4, 0.5) is 13.2 Å². The minimum absolute atomic E-state index is 0.0496. The molecule has 0 N–H and O–H groups in total. The summed E-state index contributed by atoms with van der Waals surface area (Å²) in [6.45, 7) is 0.302. The zero-order valence-electron chi connectivity index (χ0n) is 12.3. The highest BCUT2D eigenvalue weighted by Gasteiger charge is 2.36. The Balaban J connectivity index is 2.51. The normalized spacial score (nSPS) is 24.4. The molecule has 1 amide bonds. The van der Waals surface area contributed by atoms with Gasteiger partial charge in [0.2, 0.25) is 5.91 Å². The van der Waals surface area contributed by atoms with Crippen molar-refractivity contribution in [2.45, 2.75) is 17.5 Å². The first-order chi connectivity index (χ1) is 9.14. The molecule has 2 unspecified atom stereocenters. The van der Waals surface area contributed by atoms with Gasteiger partial charge in [-0.3, -0.25) is 9.69 Å². The summed E-state index contributed by atoms with van der Waals surface area (Å²) in [5, 5.41) is 0.380. The highest BCUT2D eigenvalue weighted by Crippen LogP contribution is 2.24. The average Bonchev–Trinajstić information content (AvgIpc) is 2.69. The second kappa shape index (κ2) is 7.00. The van der Waals surface area contributed by atoms with Gasteiger partial charge in [-0.1, -0.05) is 0 Å². The molecule has 8 heteroatoms. The van der Waals surface area contributed by atoms with E-state index in [1.807, 2.05) is 25.3 Å². The predicted molar refractivity (Wildman–Crippen MR) is 74.9 cm³/mol. The molecule has 2 atom stereocenters.